The summed E-state index contributed by atoms with van der Waals surface area (Å²) in [5.74, 6) is -0.887. The topological polar surface area (TPSA) is 59.2 Å². The van der Waals surface area contributed by atoms with E-state index in [9.17, 15) is 9.18 Å². The highest BCUT2D eigenvalue weighted by molar-refractivity contribution is 6.31. The van der Waals surface area contributed by atoms with Crippen LogP contribution in [0.5, 0.6) is 0 Å². The van der Waals surface area contributed by atoms with E-state index in [1.54, 1.807) is 25.2 Å². The number of benzene rings is 1. The Labute approximate surface area is 121 Å². The van der Waals surface area contributed by atoms with E-state index in [4.69, 9.17) is 17.3 Å². The molecule has 20 heavy (non-hydrogen) atoms. The molecule has 1 aromatic heterocycles. The summed E-state index contributed by atoms with van der Waals surface area (Å²) in [6.45, 7) is 0.277. The van der Waals surface area contributed by atoms with E-state index in [0.29, 0.717) is 10.7 Å². The smallest absolute Gasteiger partial charge is 0.255 e. The van der Waals surface area contributed by atoms with Gasteiger partial charge < -0.3 is 10.6 Å². The Hall–Kier alpha value is -2.14. The number of nitrogens with zero attached hydrogens (tertiary/aromatic N) is 2. The maximum Gasteiger partial charge on any atom is 0.255 e. The fraction of sp³-hybridized carbons (Fsp3) is 0.143. The van der Waals surface area contributed by atoms with Gasteiger partial charge in [0, 0.05) is 30.5 Å². The average molecular weight is 294 g/mol. The molecule has 2 N–H and O–H groups in total. The third-order valence-corrected chi connectivity index (χ3v) is 3.14. The Balaban J connectivity index is 2.17. The first kappa shape index (κ1) is 14.3. The normalized spacial score (nSPS) is 10.3. The number of nitrogens with two attached hydrogens (primary N) is 1. The van der Waals surface area contributed by atoms with Gasteiger partial charge in [0.15, 0.2) is 0 Å². The quantitative estimate of drug-likeness (QED) is 0.885. The van der Waals surface area contributed by atoms with Crippen molar-refractivity contribution in [1.29, 1.82) is 0 Å². The van der Waals surface area contributed by atoms with Crippen molar-refractivity contribution < 1.29 is 9.18 Å². The predicted molar refractivity (Wildman–Crippen MR) is 75.9 cm³/mol. The van der Waals surface area contributed by atoms with E-state index >= 15 is 0 Å². The molecule has 1 amide bonds. The summed E-state index contributed by atoms with van der Waals surface area (Å²) in [7, 11) is 1.60. The fourth-order valence-corrected chi connectivity index (χ4v) is 1.97. The van der Waals surface area contributed by atoms with Crippen LogP contribution in [0.3, 0.4) is 0 Å². The van der Waals surface area contributed by atoms with Gasteiger partial charge in [-0.3, -0.25) is 9.78 Å². The number of hydrogen-bond acceptors (Lipinski definition) is 3. The van der Waals surface area contributed by atoms with Crippen molar-refractivity contribution in [2.45, 2.75) is 6.54 Å². The van der Waals surface area contributed by atoms with E-state index in [1.165, 1.54) is 11.1 Å². The molecule has 0 aliphatic heterocycles. The van der Waals surface area contributed by atoms with Crippen molar-refractivity contribution in [3.05, 3.63) is 58.6 Å². The van der Waals surface area contributed by atoms with Crippen LogP contribution in [0, 0.1) is 5.82 Å². The molecule has 0 aliphatic rings. The van der Waals surface area contributed by atoms with Crippen molar-refractivity contribution in [2.24, 2.45) is 0 Å². The fourth-order valence-electron chi connectivity index (χ4n) is 1.79. The number of carbonyl (C=O) groups excluding carboxylic acids is 1. The van der Waals surface area contributed by atoms with E-state index in [-0.39, 0.29) is 18.0 Å². The number of halogens is 2. The summed E-state index contributed by atoms with van der Waals surface area (Å²) in [5, 5.41) is 0.524. The molecule has 0 bridgehead atoms. The number of rotatable bonds is 3. The lowest BCUT2D eigenvalue weighted by molar-refractivity contribution is 0.0784. The minimum atomic E-state index is -0.550. The van der Waals surface area contributed by atoms with Gasteiger partial charge in [-0.15, -0.1) is 0 Å². The van der Waals surface area contributed by atoms with Gasteiger partial charge in [0.05, 0.1) is 11.8 Å². The second-order valence-corrected chi connectivity index (χ2v) is 4.81. The van der Waals surface area contributed by atoms with Crippen LogP contribution in [0.15, 0.2) is 36.7 Å². The van der Waals surface area contributed by atoms with Crippen molar-refractivity contribution >= 4 is 23.2 Å². The molecule has 1 heterocycles. The molecule has 4 nitrogen and oxygen atoms in total. The SMILES string of the molecule is CN(Cc1cc(N)ccc1Cl)C(=O)c1cncc(F)c1. The van der Waals surface area contributed by atoms with Crippen LogP contribution in [-0.4, -0.2) is 22.8 Å². The lowest BCUT2D eigenvalue weighted by atomic mass is 10.1. The molecular formula is C14H13ClFN3O. The van der Waals surface area contributed by atoms with Crippen LogP contribution < -0.4 is 5.73 Å². The molecule has 6 heteroatoms. The van der Waals surface area contributed by atoms with E-state index in [1.807, 2.05) is 0 Å². The van der Waals surface area contributed by atoms with Crippen LogP contribution in [0.4, 0.5) is 10.1 Å². The minimum absolute atomic E-state index is 0.188. The highest BCUT2D eigenvalue weighted by atomic mass is 35.5. The largest absolute Gasteiger partial charge is 0.399 e. The number of pyridine rings is 1. The summed E-state index contributed by atoms with van der Waals surface area (Å²) in [5.41, 5.74) is 7.17. The standard InChI is InChI=1S/C14H13ClFN3O/c1-19(8-10-5-12(17)2-3-13(10)15)14(20)9-4-11(16)7-18-6-9/h2-7H,8,17H2,1H3. The molecule has 0 unspecified atom stereocenters. The Morgan fingerprint density at radius 2 is 2.15 bits per heavy atom. The zero-order valence-electron chi connectivity index (χ0n) is 10.8. The van der Waals surface area contributed by atoms with Gasteiger partial charge >= 0.3 is 0 Å². The first-order valence-corrected chi connectivity index (χ1v) is 6.25. The van der Waals surface area contributed by atoms with Gasteiger partial charge in [-0.2, -0.15) is 0 Å². The first-order valence-electron chi connectivity index (χ1n) is 5.87. The van der Waals surface area contributed by atoms with Gasteiger partial charge in [0.2, 0.25) is 0 Å². The summed E-state index contributed by atoms with van der Waals surface area (Å²) in [6.07, 6.45) is 2.37. The van der Waals surface area contributed by atoms with E-state index in [0.717, 1.165) is 17.8 Å². The van der Waals surface area contributed by atoms with Gasteiger partial charge in [-0.1, -0.05) is 11.6 Å². The van der Waals surface area contributed by atoms with Gasteiger partial charge in [-0.05, 0) is 29.8 Å². The number of aromatic nitrogens is 1. The van der Waals surface area contributed by atoms with Crippen LogP contribution in [-0.2, 0) is 6.54 Å². The molecule has 0 saturated heterocycles. The van der Waals surface area contributed by atoms with Gasteiger partial charge in [0.1, 0.15) is 5.82 Å². The van der Waals surface area contributed by atoms with Gasteiger partial charge in [0.25, 0.3) is 5.91 Å². The summed E-state index contributed by atoms with van der Waals surface area (Å²) < 4.78 is 13.1. The van der Waals surface area contributed by atoms with Crippen molar-refractivity contribution in [3.63, 3.8) is 0 Å². The molecule has 0 radical (unpaired) electrons. The van der Waals surface area contributed by atoms with Crippen LogP contribution in [0.25, 0.3) is 0 Å². The molecule has 0 aliphatic carbocycles. The summed E-state index contributed by atoms with van der Waals surface area (Å²) in [6, 6.07) is 6.21. The first-order chi connectivity index (χ1) is 9.47. The van der Waals surface area contributed by atoms with E-state index < -0.39 is 5.82 Å². The second-order valence-electron chi connectivity index (χ2n) is 4.40. The number of nitrogen functional groups attached to an aromatic ring is 1. The molecule has 2 aromatic rings. The minimum Gasteiger partial charge on any atom is -0.399 e. The summed E-state index contributed by atoms with van der Waals surface area (Å²) in [4.78, 5) is 17.2. The molecule has 0 spiro atoms. The number of hydrogen-bond donors (Lipinski definition) is 1. The third kappa shape index (κ3) is 3.24. The van der Waals surface area contributed by atoms with Crippen LogP contribution in [0.1, 0.15) is 15.9 Å². The molecule has 104 valence electrons. The van der Waals surface area contributed by atoms with Crippen LogP contribution >= 0.6 is 11.6 Å². The highest BCUT2D eigenvalue weighted by Gasteiger charge is 2.14. The monoisotopic (exact) mass is 293 g/mol. The maximum absolute atomic E-state index is 13.1. The number of carbonyl (C=O) groups is 1. The van der Waals surface area contributed by atoms with Gasteiger partial charge in [-0.25, -0.2) is 4.39 Å². The van der Waals surface area contributed by atoms with Crippen molar-refractivity contribution in [1.82, 2.24) is 9.88 Å². The van der Waals surface area contributed by atoms with Crippen molar-refractivity contribution in [3.8, 4) is 0 Å². The Morgan fingerprint density at radius 3 is 2.85 bits per heavy atom. The summed E-state index contributed by atoms with van der Waals surface area (Å²) >= 11 is 6.05. The Morgan fingerprint density at radius 1 is 1.40 bits per heavy atom. The average Bonchev–Trinajstić information content (AvgIpc) is 2.42. The molecular weight excluding hydrogens is 281 g/mol. The van der Waals surface area contributed by atoms with E-state index in [2.05, 4.69) is 4.98 Å². The predicted octanol–water partition coefficient (Wildman–Crippen LogP) is 2.73. The number of anilines is 1. The number of amides is 1. The zero-order chi connectivity index (χ0) is 14.7. The zero-order valence-corrected chi connectivity index (χ0v) is 11.6. The lowest BCUT2D eigenvalue weighted by Crippen LogP contribution is -2.26. The second kappa shape index (κ2) is 5.88. The molecule has 0 atom stereocenters. The third-order valence-electron chi connectivity index (χ3n) is 2.78. The molecule has 0 fully saturated rings. The molecule has 0 saturated carbocycles. The molecule has 1 aromatic carbocycles. The van der Waals surface area contributed by atoms with Crippen LogP contribution in [0.2, 0.25) is 5.02 Å². The maximum atomic E-state index is 13.1. The Kier molecular flexibility index (Phi) is 4.20. The Bertz CT molecular complexity index is 648. The van der Waals surface area contributed by atoms with Crippen molar-refractivity contribution in [2.75, 3.05) is 12.8 Å². The highest BCUT2D eigenvalue weighted by Crippen LogP contribution is 2.20. The lowest BCUT2D eigenvalue weighted by Gasteiger charge is -2.18. The molecule has 2 rings (SSSR count).